The molecule has 0 aliphatic rings. The molecule has 0 fully saturated rings. The zero-order valence-corrected chi connectivity index (χ0v) is 11.4. The lowest BCUT2D eigenvalue weighted by atomic mass is 10.1. The van der Waals surface area contributed by atoms with Gasteiger partial charge in [-0.1, -0.05) is 18.2 Å². The third-order valence-electron chi connectivity index (χ3n) is 2.71. The number of pyridine rings is 1. The molecule has 0 aliphatic carbocycles. The number of halogens is 1. The van der Waals surface area contributed by atoms with E-state index in [1.807, 2.05) is 31.2 Å². The molecule has 0 aliphatic heterocycles. The molecule has 2 aromatic rings. The van der Waals surface area contributed by atoms with Gasteiger partial charge in [-0.3, -0.25) is 4.98 Å². The number of hydrogen-bond acceptors (Lipinski definition) is 3. The van der Waals surface area contributed by atoms with E-state index in [2.05, 4.69) is 16.4 Å². The second kappa shape index (κ2) is 6.03. The van der Waals surface area contributed by atoms with Gasteiger partial charge in [-0.05, 0) is 19.1 Å². The number of para-hydroxylation sites is 1. The van der Waals surface area contributed by atoms with Crippen LogP contribution in [0.4, 0.5) is 5.69 Å². The fraction of sp³-hybridized carbons (Fsp3) is 0.357. The van der Waals surface area contributed by atoms with Gasteiger partial charge in [0.1, 0.15) is 0 Å². The van der Waals surface area contributed by atoms with E-state index in [0.717, 1.165) is 22.3 Å². The Balaban J connectivity index is 2.21. The molecule has 1 heterocycles. The molecule has 0 spiro atoms. The number of anilines is 1. The normalized spacial score (nSPS) is 12.6. The summed E-state index contributed by atoms with van der Waals surface area (Å²) in [6.07, 6.45) is 0. The predicted molar refractivity (Wildman–Crippen MR) is 76.5 cm³/mol. The number of hydrogen-bond donors (Lipinski definition) is 1. The van der Waals surface area contributed by atoms with Crippen molar-refractivity contribution in [2.45, 2.75) is 12.3 Å². The molecule has 3 nitrogen and oxygen atoms in total. The second-order valence-electron chi connectivity index (χ2n) is 4.26. The molecular formula is C14H17ClN2O. The topological polar surface area (TPSA) is 34.1 Å². The molecule has 1 aromatic carbocycles. The summed E-state index contributed by atoms with van der Waals surface area (Å²) in [5, 5.41) is 4.44. The monoisotopic (exact) mass is 264 g/mol. The number of fused-ring (bicyclic) bond motifs is 1. The summed E-state index contributed by atoms with van der Waals surface area (Å²) < 4.78 is 5.02. The summed E-state index contributed by atoms with van der Waals surface area (Å²) in [4.78, 5) is 4.50. The standard InChI is InChI=1S/C14H17ClN2O/c1-10-7-14(16-8-11(15)9-18-2)12-5-3-4-6-13(12)17-10/h3-7,11H,8-9H2,1-2H3,(H,16,17). The Labute approximate surface area is 112 Å². The first kappa shape index (κ1) is 13.1. The molecule has 0 saturated carbocycles. The Morgan fingerprint density at radius 1 is 1.39 bits per heavy atom. The number of rotatable bonds is 5. The van der Waals surface area contributed by atoms with E-state index in [1.54, 1.807) is 7.11 Å². The number of aryl methyl sites for hydroxylation is 1. The molecule has 1 unspecified atom stereocenters. The maximum absolute atomic E-state index is 6.12. The fourth-order valence-electron chi connectivity index (χ4n) is 1.91. The highest BCUT2D eigenvalue weighted by Crippen LogP contribution is 2.22. The highest BCUT2D eigenvalue weighted by atomic mass is 35.5. The lowest BCUT2D eigenvalue weighted by Gasteiger charge is -2.13. The van der Waals surface area contributed by atoms with Gasteiger partial charge in [0.15, 0.2) is 0 Å². The molecule has 0 saturated heterocycles. The van der Waals surface area contributed by atoms with Crippen molar-refractivity contribution in [3.63, 3.8) is 0 Å². The van der Waals surface area contributed by atoms with Crippen molar-refractivity contribution in [2.75, 3.05) is 25.6 Å². The minimum Gasteiger partial charge on any atom is -0.383 e. The van der Waals surface area contributed by atoms with Crippen LogP contribution in [0.3, 0.4) is 0 Å². The maximum atomic E-state index is 6.12. The van der Waals surface area contributed by atoms with Gasteiger partial charge in [-0.25, -0.2) is 0 Å². The SMILES string of the molecule is COCC(Cl)CNc1cc(C)nc2ccccc12. The van der Waals surface area contributed by atoms with Gasteiger partial charge < -0.3 is 10.1 Å². The smallest absolute Gasteiger partial charge is 0.0741 e. The molecule has 0 bridgehead atoms. The van der Waals surface area contributed by atoms with Crippen molar-refractivity contribution in [1.29, 1.82) is 0 Å². The molecule has 18 heavy (non-hydrogen) atoms. The number of methoxy groups -OCH3 is 1. The minimum absolute atomic E-state index is 0.0396. The number of alkyl halides is 1. The molecule has 4 heteroatoms. The van der Waals surface area contributed by atoms with Gasteiger partial charge >= 0.3 is 0 Å². The van der Waals surface area contributed by atoms with Gasteiger partial charge in [0.25, 0.3) is 0 Å². The van der Waals surface area contributed by atoms with E-state index >= 15 is 0 Å². The molecular weight excluding hydrogens is 248 g/mol. The maximum Gasteiger partial charge on any atom is 0.0741 e. The quantitative estimate of drug-likeness (QED) is 0.842. The first-order valence-electron chi connectivity index (χ1n) is 5.94. The van der Waals surface area contributed by atoms with Gasteiger partial charge in [0, 0.05) is 30.4 Å². The zero-order valence-electron chi connectivity index (χ0n) is 10.6. The number of nitrogens with one attached hydrogen (secondary N) is 1. The van der Waals surface area contributed by atoms with E-state index in [9.17, 15) is 0 Å². The molecule has 1 atom stereocenters. The van der Waals surface area contributed by atoms with Crippen molar-refractivity contribution in [1.82, 2.24) is 4.98 Å². The Kier molecular flexibility index (Phi) is 4.39. The molecule has 2 rings (SSSR count). The Morgan fingerprint density at radius 3 is 2.94 bits per heavy atom. The summed E-state index contributed by atoms with van der Waals surface area (Å²) in [6, 6.07) is 10.1. The van der Waals surface area contributed by atoms with Crippen LogP contribution in [0, 0.1) is 6.92 Å². The molecule has 1 N–H and O–H groups in total. The largest absolute Gasteiger partial charge is 0.383 e. The average Bonchev–Trinajstić information content (AvgIpc) is 2.36. The highest BCUT2D eigenvalue weighted by molar-refractivity contribution is 6.21. The van der Waals surface area contributed by atoms with Gasteiger partial charge in [-0.2, -0.15) is 0 Å². The van der Waals surface area contributed by atoms with Crippen LogP contribution >= 0.6 is 11.6 Å². The third-order valence-corrected chi connectivity index (χ3v) is 2.99. The first-order chi connectivity index (χ1) is 8.70. The van der Waals surface area contributed by atoms with Crippen LogP contribution in [0.1, 0.15) is 5.69 Å². The van der Waals surface area contributed by atoms with Gasteiger partial charge in [0.2, 0.25) is 0 Å². The van der Waals surface area contributed by atoms with Crippen LogP contribution in [-0.2, 0) is 4.74 Å². The van der Waals surface area contributed by atoms with Crippen molar-refractivity contribution in [3.05, 3.63) is 36.0 Å². The van der Waals surface area contributed by atoms with Gasteiger partial charge in [0.05, 0.1) is 17.5 Å². The van der Waals surface area contributed by atoms with E-state index in [1.165, 1.54) is 0 Å². The summed E-state index contributed by atoms with van der Waals surface area (Å²) in [6.45, 7) is 3.20. The third kappa shape index (κ3) is 3.12. The summed E-state index contributed by atoms with van der Waals surface area (Å²) >= 11 is 6.12. The average molecular weight is 265 g/mol. The van der Waals surface area contributed by atoms with Crippen LogP contribution < -0.4 is 5.32 Å². The highest BCUT2D eigenvalue weighted by Gasteiger charge is 2.06. The van der Waals surface area contributed by atoms with Crippen LogP contribution in [0.25, 0.3) is 10.9 Å². The summed E-state index contributed by atoms with van der Waals surface area (Å²) in [5.41, 5.74) is 3.06. The van der Waals surface area contributed by atoms with E-state index in [0.29, 0.717) is 13.2 Å². The van der Waals surface area contributed by atoms with Gasteiger partial charge in [-0.15, -0.1) is 11.6 Å². The van der Waals surface area contributed by atoms with Crippen molar-refractivity contribution in [2.24, 2.45) is 0 Å². The van der Waals surface area contributed by atoms with Crippen LogP contribution in [0.5, 0.6) is 0 Å². The number of benzene rings is 1. The molecule has 1 aromatic heterocycles. The molecule has 96 valence electrons. The lowest BCUT2D eigenvalue weighted by molar-refractivity contribution is 0.200. The van der Waals surface area contributed by atoms with E-state index in [-0.39, 0.29) is 5.38 Å². The lowest BCUT2D eigenvalue weighted by Crippen LogP contribution is -2.19. The van der Waals surface area contributed by atoms with Crippen LogP contribution in [0.2, 0.25) is 0 Å². The molecule has 0 radical (unpaired) electrons. The first-order valence-corrected chi connectivity index (χ1v) is 6.37. The number of nitrogens with zero attached hydrogens (tertiary/aromatic N) is 1. The van der Waals surface area contributed by atoms with Crippen LogP contribution in [-0.4, -0.2) is 30.6 Å². The zero-order chi connectivity index (χ0) is 13.0. The Morgan fingerprint density at radius 2 is 2.17 bits per heavy atom. The summed E-state index contributed by atoms with van der Waals surface area (Å²) in [7, 11) is 1.65. The predicted octanol–water partition coefficient (Wildman–Crippen LogP) is 3.21. The fourth-order valence-corrected chi connectivity index (χ4v) is 2.12. The van der Waals surface area contributed by atoms with Crippen LogP contribution in [0.15, 0.2) is 30.3 Å². The Bertz CT molecular complexity index is 530. The van der Waals surface area contributed by atoms with E-state index < -0.39 is 0 Å². The minimum atomic E-state index is -0.0396. The van der Waals surface area contributed by atoms with Crippen molar-refractivity contribution < 1.29 is 4.74 Å². The number of ether oxygens (including phenoxy) is 1. The van der Waals surface area contributed by atoms with Crippen molar-refractivity contribution in [3.8, 4) is 0 Å². The Hall–Kier alpha value is -1.32. The van der Waals surface area contributed by atoms with Crippen molar-refractivity contribution >= 4 is 28.2 Å². The second-order valence-corrected chi connectivity index (χ2v) is 4.88. The number of aromatic nitrogens is 1. The summed E-state index contributed by atoms with van der Waals surface area (Å²) in [5.74, 6) is 0. The van der Waals surface area contributed by atoms with E-state index in [4.69, 9.17) is 16.3 Å². The molecule has 0 amide bonds.